The van der Waals surface area contributed by atoms with E-state index in [-0.39, 0.29) is 29.8 Å². The first-order valence-electron chi connectivity index (χ1n) is 6.86. The zero-order chi connectivity index (χ0) is 15.4. The van der Waals surface area contributed by atoms with Crippen LogP contribution < -0.4 is 5.32 Å². The van der Waals surface area contributed by atoms with Crippen molar-refractivity contribution in [2.45, 2.75) is 25.3 Å². The van der Waals surface area contributed by atoms with E-state index in [4.69, 9.17) is 5.11 Å². The molecule has 0 bridgehead atoms. The average Bonchev–Trinajstić information content (AvgIpc) is 2.96. The van der Waals surface area contributed by atoms with Gasteiger partial charge in [-0.3, -0.25) is 9.59 Å². The summed E-state index contributed by atoms with van der Waals surface area (Å²) in [5.74, 6) is -1.24. The first-order valence-corrected chi connectivity index (χ1v) is 6.86. The molecule has 1 fully saturated rings. The van der Waals surface area contributed by atoms with Gasteiger partial charge < -0.3 is 15.3 Å². The van der Waals surface area contributed by atoms with Gasteiger partial charge in [-0.2, -0.15) is 0 Å². The van der Waals surface area contributed by atoms with Crippen LogP contribution in [0.4, 0.5) is 0 Å². The van der Waals surface area contributed by atoms with Gasteiger partial charge in [0.15, 0.2) is 0 Å². The van der Waals surface area contributed by atoms with Crippen molar-refractivity contribution in [2.24, 2.45) is 0 Å². The molecule has 1 aliphatic rings. The molecule has 6 nitrogen and oxygen atoms in total. The Kier molecular flexibility index (Phi) is 4.57. The van der Waals surface area contributed by atoms with Crippen LogP contribution in [0.25, 0.3) is 0 Å². The molecule has 0 radical (unpaired) electrons. The number of hydrogen-bond acceptors (Lipinski definition) is 3. The lowest BCUT2D eigenvalue weighted by molar-refractivity contribution is -0.137. The Morgan fingerprint density at radius 3 is 2.52 bits per heavy atom. The lowest BCUT2D eigenvalue weighted by atomic mass is 10.1. The van der Waals surface area contributed by atoms with E-state index >= 15 is 0 Å². The van der Waals surface area contributed by atoms with Crippen LogP contribution >= 0.6 is 0 Å². The molecule has 1 unspecified atom stereocenters. The number of carbonyl (C=O) groups excluding carboxylic acids is 2. The predicted octanol–water partition coefficient (Wildman–Crippen LogP) is 0.664. The molecular formula is C15H18N2O4. The van der Waals surface area contributed by atoms with Gasteiger partial charge in [0.2, 0.25) is 11.8 Å². The zero-order valence-corrected chi connectivity index (χ0v) is 11.8. The van der Waals surface area contributed by atoms with Crippen molar-refractivity contribution in [3.05, 3.63) is 35.4 Å². The second kappa shape index (κ2) is 6.39. The SMILES string of the molecule is CNC(=O)C1CCCN1C(=O)Cc1ccc(C(=O)O)cc1. The molecule has 2 N–H and O–H groups in total. The molecule has 0 saturated carbocycles. The summed E-state index contributed by atoms with van der Waals surface area (Å²) < 4.78 is 0. The first kappa shape index (κ1) is 15.0. The maximum absolute atomic E-state index is 12.3. The normalized spacial score (nSPS) is 17.6. The molecular weight excluding hydrogens is 272 g/mol. The Balaban J connectivity index is 2.03. The molecule has 2 amide bonds. The Labute approximate surface area is 122 Å². The van der Waals surface area contributed by atoms with Crippen LogP contribution in [0.5, 0.6) is 0 Å². The van der Waals surface area contributed by atoms with Crippen LogP contribution in [0, 0.1) is 0 Å². The minimum Gasteiger partial charge on any atom is -0.478 e. The summed E-state index contributed by atoms with van der Waals surface area (Å²) in [4.78, 5) is 36.4. The van der Waals surface area contributed by atoms with Crippen LogP contribution in [0.2, 0.25) is 0 Å². The van der Waals surface area contributed by atoms with E-state index in [1.54, 1.807) is 24.1 Å². The Hall–Kier alpha value is -2.37. The number of nitrogens with zero attached hydrogens (tertiary/aromatic N) is 1. The fourth-order valence-electron chi connectivity index (χ4n) is 2.55. The van der Waals surface area contributed by atoms with Crippen molar-refractivity contribution < 1.29 is 19.5 Å². The fourth-order valence-corrected chi connectivity index (χ4v) is 2.55. The van der Waals surface area contributed by atoms with Crippen LogP contribution in [0.3, 0.4) is 0 Å². The summed E-state index contributed by atoms with van der Waals surface area (Å²) in [7, 11) is 1.56. The van der Waals surface area contributed by atoms with Gasteiger partial charge in [-0.25, -0.2) is 4.79 Å². The molecule has 1 aromatic carbocycles. The number of benzene rings is 1. The van der Waals surface area contributed by atoms with E-state index in [0.717, 1.165) is 12.0 Å². The molecule has 1 atom stereocenters. The van der Waals surface area contributed by atoms with E-state index in [1.807, 2.05) is 0 Å². The second-order valence-electron chi connectivity index (χ2n) is 5.04. The number of carbonyl (C=O) groups is 3. The van der Waals surface area contributed by atoms with E-state index in [1.165, 1.54) is 12.1 Å². The van der Waals surface area contributed by atoms with Gasteiger partial charge in [0, 0.05) is 13.6 Å². The van der Waals surface area contributed by atoms with Crippen molar-refractivity contribution in [1.82, 2.24) is 10.2 Å². The fraction of sp³-hybridized carbons (Fsp3) is 0.400. The molecule has 0 spiro atoms. The van der Waals surface area contributed by atoms with Gasteiger partial charge in [-0.15, -0.1) is 0 Å². The lowest BCUT2D eigenvalue weighted by Crippen LogP contribution is -2.45. The summed E-state index contributed by atoms with van der Waals surface area (Å²) in [5, 5.41) is 11.4. The third-order valence-corrected chi connectivity index (χ3v) is 3.68. The molecule has 1 aliphatic heterocycles. The number of hydrogen-bond donors (Lipinski definition) is 2. The quantitative estimate of drug-likeness (QED) is 0.853. The van der Waals surface area contributed by atoms with E-state index in [2.05, 4.69) is 5.32 Å². The second-order valence-corrected chi connectivity index (χ2v) is 5.04. The highest BCUT2D eigenvalue weighted by Crippen LogP contribution is 2.19. The number of likely N-dealkylation sites (N-methyl/N-ethyl adjacent to an activating group) is 1. The summed E-state index contributed by atoms with van der Waals surface area (Å²) in [6, 6.07) is 5.83. The standard InChI is InChI=1S/C15H18N2O4/c1-16-14(19)12-3-2-8-17(12)13(18)9-10-4-6-11(7-5-10)15(20)21/h4-7,12H,2-3,8-9H2,1H3,(H,16,19)(H,20,21). The third-order valence-electron chi connectivity index (χ3n) is 3.68. The molecule has 1 aromatic rings. The highest BCUT2D eigenvalue weighted by atomic mass is 16.4. The number of rotatable bonds is 4. The van der Waals surface area contributed by atoms with Gasteiger partial charge in [0.05, 0.1) is 12.0 Å². The number of nitrogens with one attached hydrogen (secondary N) is 1. The molecule has 112 valence electrons. The van der Waals surface area contributed by atoms with Crippen molar-refractivity contribution in [2.75, 3.05) is 13.6 Å². The van der Waals surface area contributed by atoms with Gasteiger partial charge in [-0.05, 0) is 30.5 Å². The third kappa shape index (κ3) is 3.39. The highest BCUT2D eigenvalue weighted by Gasteiger charge is 2.33. The smallest absolute Gasteiger partial charge is 0.335 e. The predicted molar refractivity (Wildman–Crippen MR) is 75.9 cm³/mol. The zero-order valence-electron chi connectivity index (χ0n) is 11.8. The van der Waals surface area contributed by atoms with Crippen LogP contribution in [-0.4, -0.2) is 47.4 Å². The molecule has 2 rings (SSSR count). The van der Waals surface area contributed by atoms with Gasteiger partial charge in [0.25, 0.3) is 0 Å². The molecule has 1 heterocycles. The Morgan fingerprint density at radius 2 is 1.95 bits per heavy atom. The Bertz CT molecular complexity index is 553. The molecule has 21 heavy (non-hydrogen) atoms. The summed E-state index contributed by atoms with van der Waals surface area (Å²) in [6.45, 7) is 0.587. The lowest BCUT2D eigenvalue weighted by Gasteiger charge is -2.23. The van der Waals surface area contributed by atoms with Crippen molar-refractivity contribution >= 4 is 17.8 Å². The monoisotopic (exact) mass is 290 g/mol. The molecule has 0 aliphatic carbocycles. The number of likely N-dealkylation sites (tertiary alicyclic amines) is 1. The van der Waals surface area contributed by atoms with E-state index < -0.39 is 5.97 Å². The van der Waals surface area contributed by atoms with Gasteiger partial charge >= 0.3 is 5.97 Å². The minimum absolute atomic E-state index is 0.107. The maximum atomic E-state index is 12.3. The van der Waals surface area contributed by atoms with Gasteiger partial charge in [0.1, 0.15) is 6.04 Å². The first-order chi connectivity index (χ1) is 10.0. The number of carboxylic acid groups (broad SMARTS) is 1. The van der Waals surface area contributed by atoms with Crippen LogP contribution in [0.15, 0.2) is 24.3 Å². The molecule has 1 saturated heterocycles. The van der Waals surface area contributed by atoms with Gasteiger partial charge in [-0.1, -0.05) is 12.1 Å². The summed E-state index contributed by atoms with van der Waals surface area (Å²) >= 11 is 0. The van der Waals surface area contributed by atoms with Crippen LogP contribution in [-0.2, 0) is 16.0 Å². The van der Waals surface area contributed by atoms with Crippen molar-refractivity contribution in [1.29, 1.82) is 0 Å². The topological polar surface area (TPSA) is 86.7 Å². The molecule has 6 heteroatoms. The number of aromatic carboxylic acids is 1. The van der Waals surface area contributed by atoms with Crippen molar-refractivity contribution in [3.63, 3.8) is 0 Å². The summed E-state index contributed by atoms with van der Waals surface area (Å²) in [5.41, 5.74) is 0.933. The number of amides is 2. The minimum atomic E-state index is -0.993. The highest BCUT2D eigenvalue weighted by molar-refractivity contribution is 5.89. The van der Waals surface area contributed by atoms with Crippen molar-refractivity contribution in [3.8, 4) is 0 Å². The Morgan fingerprint density at radius 1 is 1.29 bits per heavy atom. The van der Waals surface area contributed by atoms with E-state index in [9.17, 15) is 14.4 Å². The summed E-state index contributed by atoms with van der Waals surface area (Å²) in [6.07, 6.45) is 1.68. The number of carboxylic acids is 1. The largest absolute Gasteiger partial charge is 0.478 e. The van der Waals surface area contributed by atoms with Crippen LogP contribution in [0.1, 0.15) is 28.8 Å². The molecule has 0 aromatic heterocycles. The van der Waals surface area contributed by atoms with E-state index in [0.29, 0.717) is 13.0 Å². The average molecular weight is 290 g/mol. The maximum Gasteiger partial charge on any atom is 0.335 e.